The maximum atomic E-state index is 10.3. The Morgan fingerprint density at radius 2 is 0.469 bits per heavy atom. The number of hydrogen-bond donors (Lipinski definition) is 15. The molecule has 0 aromatic heterocycles. The monoisotopic (exact) mass is 1830 g/mol. The second kappa shape index (κ2) is 103. The minimum absolute atomic E-state index is 0.341. The number of nitriles is 1. The fraction of sp³-hybridized carbons (Fsp3) is 0.850. The second-order valence-electron chi connectivity index (χ2n) is 33.7. The van der Waals surface area contributed by atoms with Crippen LogP contribution in [0.15, 0.2) is 30.3 Å². The molecule has 28 nitrogen and oxygen atoms in total. The van der Waals surface area contributed by atoms with Crippen LogP contribution in [-0.2, 0) is 57.3 Å². The fourth-order valence-corrected chi connectivity index (χ4v) is 13.4. The smallest absolute Gasteiger partial charge is 0.303 e. The standard InChI is InChI=1S/C20H27NO11.8C10H20O2/c21-6-10(9-4-2-1-3-5-9)30-20-18(28)16(26)14(24)12(32-20)8-29-19-17(27)15(25)13(23)11(7-22)31-19;8*1-2-3-4-5-6-7-8-9-10(11)12/h1-5,10-20,22-28H,7-8H2;8*2-9H2,1H3,(H,11,12)/t10-,11+,12+,13+,14+,15-,16-,17+,18+,19+,20+;;;;;;;;/m0......../s1. The normalized spacial score (nSPS) is 17.8. The van der Waals surface area contributed by atoms with Gasteiger partial charge in [-0.25, -0.2) is 0 Å². The molecule has 0 spiro atoms. The topological polar surface area (TPSA) is 501 Å². The summed E-state index contributed by atoms with van der Waals surface area (Å²) in [6.07, 6.45) is 52.7. The zero-order valence-corrected chi connectivity index (χ0v) is 81.0. The highest BCUT2D eigenvalue weighted by Gasteiger charge is 2.48. The van der Waals surface area contributed by atoms with Gasteiger partial charge in [0.25, 0.3) is 0 Å². The lowest BCUT2D eigenvalue weighted by atomic mass is 9.98. The van der Waals surface area contributed by atoms with Crippen LogP contribution in [-0.4, -0.2) is 199 Å². The van der Waals surface area contributed by atoms with Gasteiger partial charge in [-0.1, -0.05) is 394 Å². The van der Waals surface area contributed by atoms with Gasteiger partial charge in [0.1, 0.15) is 48.8 Å². The summed E-state index contributed by atoms with van der Waals surface area (Å²) in [5.41, 5.74) is 0.487. The summed E-state index contributed by atoms with van der Waals surface area (Å²) in [5.74, 6) is -5.31. The van der Waals surface area contributed by atoms with E-state index in [4.69, 9.17) is 59.8 Å². The summed E-state index contributed by atoms with van der Waals surface area (Å²) in [5, 5.41) is 146. The molecule has 128 heavy (non-hydrogen) atoms. The summed E-state index contributed by atoms with van der Waals surface area (Å²) in [6.45, 7) is 16.5. The molecule has 1 aromatic carbocycles. The van der Waals surface area contributed by atoms with Crippen LogP contribution in [0.5, 0.6) is 0 Å². The van der Waals surface area contributed by atoms with Crippen LogP contribution < -0.4 is 0 Å². The number of benzene rings is 1. The molecule has 2 aliphatic rings. The van der Waals surface area contributed by atoms with Crippen molar-refractivity contribution in [2.75, 3.05) is 13.2 Å². The van der Waals surface area contributed by atoms with Crippen LogP contribution in [0.2, 0.25) is 0 Å². The Labute approximate surface area is 772 Å². The average molecular weight is 1840 g/mol. The zero-order valence-electron chi connectivity index (χ0n) is 81.0. The Morgan fingerprint density at radius 1 is 0.281 bits per heavy atom. The van der Waals surface area contributed by atoms with E-state index in [1.165, 1.54) is 257 Å². The van der Waals surface area contributed by atoms with Crippen molar-refractivity contribution < 1.29 is 134 Å². The van der Waals surface area contributed by atoms with Gasteiger partial charge in [-0.2, -0.15) is 5.26 Å². The van der Waals surface area contributed by atoms with Gasteiger partial charge in [-0.05, 0) is 56.9 Å². The quantitative estimate of drug-likeness (QED) is 0.0269. The van der Waals surface area contributed by atoms with Crippen molar-refractivity contribution in [3.05, 3.63) is 35.9 Å². The van der Waals surface area contributed by atoms with Gasteiger partial charge in [0, 0.05) is 51.4 Å². The number of rotatable bonds is 71. The predicted octanol–water partition coefficient (Wildman–Crippen LogP) is 22.6. The highest BCUT2D eigenvalue weighted by Crippen LogP contribution is 2.30. The highest BCUT2D eigenvalue weighted by molar-refractivity contribution is 5.68. The van der Waals surface area contributed by atoms with E-state index in [0.29, 0.717) is 56.9 Å². The SMILES string of the molecule is CCCCCCCCCC(=O)O.CCCCCCCCCC(=O)O.CCCCCCCCCC(=O)O.CCCCCCCCCC(=O)O.CCCCCCCCCC(=O)O.CCCCCCCCCC(=O)O.CCCCCCCCCC(=O)O.CCCCCCCCCC(=O)O.N#C[C@H](O[C@@H]1O[C@H](CO[C@@H]2O[C@H](CO)[C@@H](O)[C@H](O)[C@H]2O)[C@@H](O)[C@H](O)[C@H]1O)c1ccccc1. The number of carbonyl (C=O) groups is 8. The molecule has 0 bridgehead atoms. The molecule has 1 aromatic rings. The molecule has 2 saturated heterocycles. The van der Waals surface area contributed by atoms with E-state index in [-0.39, 0.29) is 0 Å². The first-order valence-electron chi connectivity index (χ1n) is 49.9. The van der Waals surface area contributed by atoms with E-state index in [1.807, 2.05) is 6.07 Å². The van der Waals surface area contributed by atoms with Crippen molar-refractivity contribution >= 4 is 47.8 Å². The molecule has 0 radical (unpaired) electrons. The Kier molecular flexibility index (Phi) is 107. The van der Waals surface area contributed by atoms with Crippen LogP contribution in [0.3, 0.4) is 0 Å². The molecule has 11 atom stereocenters. The summed E-state index contributed by atoms with van der Waals surface area (Å²) >= 11 is 0. The van der Waals surface area contributed by atoms with E-state index in [2.05, 4.69) is 55.4 Å². The number of aliphatic carboxylic acids is 8. The van der Waals surface area contributed by atoms with Crippen LogP contribution in [0.1, 0.15) is 478 Å². The number of nitrogens with zero attached hydrogens (tertiary/aromatic N) is 1. The summed E-state index contributed by atoms with van der Waals surface area (Å²) < 4.78 is 21.6. The van der Waals surface area contributed by atoms with Crippen molar-refractivity contribution in [3.8, 4) is 6.07 Å². The van der Waals surface area contributed by atoms with Crippen LogP contribution in [0.25, 0.3) is 0 Å². The summed E-state index contributed by atoms with van der Waals surface area (Å²) in [6, 6.07) is 10.3. The van der Waals surface area contributed by atoms with E-state index in [1.54, 1.807) is 30.3 Å². The van der Waals surface area contributed by atoms with Gasteiger partial charge in [0.05, 0.1) is 19.3 Å². The minimum atomic E-state index is -1.70. The molecule has 2 aliphatic heterocycles. The summed E-state index contributed by atoms with van der Waals surface area (Å²) in [4.78, 5) is 81.1. The molecule has 2 fully saturated rings. The lowest BCUT2D eigenvalue weighted by molar-refractivity contribution is -0.334. The molecule has 0 unspecified atom stereocenters. The van der Waals surface area contributed by atoms with Gasteiger partial charge in [-0.3, -0.25) is 38.4 Å². The number of carboxylic acid groups (broad SMARTS) is 8. The van der Waals surface area contributed by atoms with Crippen molar-refractivity contribution in [1.82, 2.24) is 0 Å². The number of aliphatic hydroxyl groups is 7. The molecule has 0 amide bonds. The van der Waals surface area contributed by atoms with Crippen LogP contribution in [0, 0.1) is 11.3 Å². The molecule has 3 rings (SSSR count). The number of unbranched alkanes of at least 4 members (excludes halogenated alkanes) is 48. The van der Waals surface area contributed by atoms with Crippen LogP contribution >= 0.6 is 0 Å². The van der Waals surface area contributed by atoms with E-state index in [9.17, 15) is 79.4 Å². The Bertz CT molecular complexity index is 2320. The average Bonchev–Trinajstić information content (AvgIpc) is 0.800. The maximum absolute atomic E-state index is 10.3. The largest absolute Gasteiger partial charge is 0.481 e. The number of aliphatic hydroxyl groups excluding tert-OH is 7. The van der Waals surface area contributed by atoms with E-state index < -0.39 is 128 Å². The van der Waals surface area contributed by atoms with Gasteiger partial charge in [0.15, 0.2) is 18.7 Å². The van der Waals surface area contributed by atoms with Gasteiger partial charge in [-0.15, -0.1) is 0 Å². The third kappa shape index (κ3) is 99.1. The Balaban J connectivity index is -0.000000339. The molecular formula is C100H187NO27. The lowest BCUT2D eigenvalue weighted by Gasteiger charge is -2.43. The van der Waals surface area contributed by atoms with Crippen molar-refractivity contribution in [2.24, 2.45) is 0 Å². The molecule has 2 heterocycles. The number of hydrogen-bond acceptors (Lipinski definition) is 20. The van der Waals surface area contributed by atoms with E-state index in [0.717, 1.165) is 103 Å². The maximum Gasteiger partial charge on any atom is 0.303 e. The third-order valence-corrected chi connectivity index (χ3v) is 21.4. The second-order valence-corrected chi connectivity index (χ2v) is 33.7. The molecular weight excluding hydrogens is 1650 g/mol. The number of ether oxygens (including phenoxy) is 4. The lowest BCUT2D eigenvalue weighted by Crippen LogP contribution is -2.61. The zero-order chi connectivity index (χ0) is 97.3. The molecule has 754 valence electrons. The van der Waals surface area contributed by atoms with Crippen molar-refractivity contribution in [3.63, 3.8) is 0 Å². The fourth-order valence-electron chi connectivity index (χ4n) is 13.4. The van der Waals surface area contributed by atoms with Gasteiger partial charge < -0.3 is 95.5 Å². The third-order valence-electron chi connectivity index (χ3n) is 21.4. The van der Waals surface area contributed by atoms with Crippen molar-refractivity contribution in [2.45, 2.75) is 534 Å². The highest BCUT2D eigenvalue weighted by atomic mass is 16.7. The van der Waals surface area contributed by atoms with E-state index >= 15 is 0 Å². The first kappa shape index (κ1) is 133. The first-order valence-corrected chi connectivity index (χ1v) is 49.9. The molecule has 15 N–H and O–H groups in total. The van der Waals surface area contributed by atoms with Gasteiger partial charge in [0.2, 0.25) is 0 Å². The molecule has 28 heteroatoms. The van der Waals surface area contributed by atoms with Crippen LogP contribution in [0.4, 0.5) is 0 Å². The predicted molar refractivity (Wildman–Crippen MR) is 504 cm³/mol. The molecule has 0 aliphatic carbocycles. The number of carboxylic acids is 8. The Hall–Kier alpha value is -5.97. The van der Waals surface area contributed by atoms with Gasteiger partial charge >= 0.3 is 47.8 Å². The molecule has 0 saturated carbocycles. The minimum Gasteiger partial charge on any atom is -0.481 e. The Morgan fingerprint density at radius 3 is 0.664 bits per heavy atom. The van der Waals surface area contributed by atoms with Crippen molar-refractivity contribution in [1.29, 1.82) is 5.26 Å². The summed E-state index contributed by atoms with van der Waals surface area (Å²) in [7, 11) is 0. The first-order chi connectivity index (χ1) is 61.4.